The molecule has 0 heterocycles. The summed E-state index contributed by atoms with van der Waals surface area (Å²) in [5, 5.41) is 2.24. The van der Waals surface area contributed by atoms with Crippen LogP contribution in [0.3, 0.4) is 0 Å². The molecule has 0 aliphatic carbocycles. The summed E-state index contributed by atoms with van der Waals surface area (Å²) in [6.45, 7) is 0.0984. The Kier molecular flexibility index (Phi) is 5.46. The number of halogens is 4. The minimum atomic E-state index is -4.82. The molecule has 8 heteroatoms. The molecule has 1 aromatic rings. The number of methoxy groups -OCH3 is 1. The monoisotopic (exact) mass is 294 g/mol. The van der Waals surface area contributed by atoms with E-state index in [1.807, 2.05) is 0 Å². The van der Waals surface area contributed by atoms with Crippen molar-refractivity contribution in [1.82, 2.24) is 0 Å². The fourth-order valence-electron chi connectivity index (χ4n) is 1.50. The Morgan fingerprint density at radius 3 is 2.60 bits per heavy atom. The minimum Gasteiger partial charge on any atom is -0.380 e. The van der Waals surface area contributed by atoms with Gasteiger partial charge in [-0.1, -0.05) is 0 Å². The molecule has 1 amide bonds. The summed E-state index contributed by atoms with van der Waals surface area (Å²) >= 11 is 0. The maximum absolute atomic E-state index is 13.1. The van der Waals surface area contributed by atoms with Crippen molar-refractivity contribution in [3.05, 3.63) is 29.6 Å². The number of hydrogen-bond donors (Lipinski definition) is 2. The van der Waals surface area contributed by atoms with Gasteiger partial charge in [-0.15, -0.1) is 0 Å². The number of nitrogens with one attached hydrogen (secondary N) is 1. The molecule has 20 heavy (non-hydrogen) atoms. The summed E-state index contributed by atoms with van der Waals surface area (Å²) in [6.07, 6.45) is -5.46. The van der Waals surface area contributed by atoms with Crippen molar-refractivity contribution in [2.75, 3.05) is 19.0 Å². The third kappa shape index (κ3) is 4.46. The molecule has 0 aliphatic rings. The third-order valence-corrected chi connectivity index (χ3v) is 2.56. The average molecular weight is 294 g/mol. The van der Waals surface area contributed by atoms with Gasteiger partial charge in [0.15, 0.2) is 0 Å². The Morgan fingerprint density at radius 2 is 2.10 bits per heavy atom. The first-order chi connectivity index (χ1) is 9.27. The third-order valence-electron chi connectivity index (χ3n) is 2.56. The molecule has 3 N–H and O–H groups in total. The molecular weight excluding hydrogens is 280 g/mol. The first kappa shape index (κ1) is 16.4. The van der Waals surface area contributed by atoms with Crippen LogP contribution in [0.1, 0.15) is 12.0 Å². The summed E-state index contributed by atoms with van der Waals surface area (Å²) in [5.41, 5.74) is 3.75. The molecule has 0 aliphatic heterocycles. The van der Waals surface area contributed by atoms with Crippen molar-refractivity contribution in [2.24, 2.45) is 5.73 Å². The van der Waals surface area contributed by atoms with Crippen LogP contribution in [-0.2, 0) is 15.7 Å². The normalized spacial score (nSPS) is 13.1. The van der Waals surface area contributed by atoms with E-state index in [2.05, 4.69) is 5.32 Å². The van der Waals surface area contributed by atoms with Crippen molar-refractivity contribution in [3.63, 3.8) is 0 Å². The Bertz CT molecular complexity index is 473. The molecule has 1 rings (SSSR count). The Hall–Kier alpha value is -1.67. The van der Waals surface area contributed by atoms with Gasteiger partial charge in [0.05, 0.1) is 18.1 Å². The number of benzene rings is 1. The lowest BCUT2D eigenvalue weighted by Gasteiger charge is -2.14. The summed E-state index contributed by atoms with van der Waals surface area (Å²) in [4.78, 5) is 11.6. The number of nitrogens with two attached hydrogens (primary N) is 1. The van der Waals surface area contributed by atoms with Crippen molar-refractivity contribution >= 4 is 11.6 Å². The van der Waals surface area contributed by atoms with Gasteiger partial charge in [0.2, 0.25) is 5.91 Å². The molecule has 0 bridgehead atoms. The highest BCUT2D eigenvalue weighted by atomic mass is 19.4. The molecule has 1 unspecified atom stereocenters. The van der Waals surface area contributed by atoms with Gasteiger partial charge in [-0.05, 0) is 18.2 Å². The molecule has 0 fully saturated rings. The Balaban J connectivity index is 2.81. The predicted octanol–water partition coefficient (Wildman–Crippen LogP) is 2.15. The van der Waals surface area contributed by atoms with Crippen LogP contribution in [-0.4, -0.2) is 25.7 Å². The zero-order chi connectivity index (χ0) is 15.3. The second kappa shape index (κ2) is 6.67. The van der Waals surface area contributed by atoms with E-state index in [1.165, 1.54) is 7.11 Å². The van der Waals surface area contributed by atoms with Crippen LogP contribution in [0.2, 0.25) is 0 Å². The van der Waals surface area contributed by atoms with Crippen LogP contribution in [0.15, 0.2) is 18.2 Å². The van der Waals surface area contributed by atoms with Gasteiger partial charge in [0, 0.05) is 19.3 Å². The van der Waals surface area contributed by atoms with Gasteiger partial charge in [-0.3, -0.25) is 4.79 Å². The van der Waals surface area contributed by atoms with Crippen molar-refractivity contribution in [2.45, 2.75) is 18.7 Å². The van der Waals surface area contributed by atoms with Crippen LogP contribution in [0.25, 0.3) is 0 Å². The molecule has 0 aromatic heterocycles. The summed E-state index contributed by atoms with van der Waals surface area (Å²) < 4.78 is 55.4. The molecule has 1 aromatic carbocycles. The van der Waals surface area contributed by atoms with E-state index >= 15 is 0 Å². The lowest BCUT2D eigenvalue weighted by Crippen LogP contribution is -2.28. The smallest absolute Gasteiger partial charge is 0.380 e. The van der Waals surface area contributed by atoms with Crippen LogP contribution in [0, 0.1) is 5.82 Å². The van der Waals surface area contributed by atoms with E-state index < -0.39 is 29.6 Å². The largest absolute Gasteiger partial charge is 0.419 e. The highest BCUT2D eigenvalue weighted by Gasteiger charge is 2.34. The highest BCUT2D eigenvalue weighted by molar-refractivity contribution is 5.91. The van der Waals surface area contributed by atoms with Gasteiger partial charge in [0.25, 0.3) is 0 Å². The zero-order valence-corrected chi connectivity index (χ0v) is 10.6. The van der Waals surface area contributed by atoms with E-state index in [1.54, 1.807) is 0 Å². The number of hydrogen-bond acceptors (Lipinski definition) is 3. The molecule has 112 valence electrons. The standard InChI is InChI=1S/C12H14F4N2O2/c1-20-8(6-17)5-11(19)18-7-2-3-10(13)9(4-7)12(14,15)16/h2-4,8H,5-6,17H2,1H3,(H,18,19). The van der Waals surface area contributed by atoms with Crippen molar-refractivity contribution < 1.29 is 27.1 Å². The summed E-state index contributed by atoms with van der Waals surface area (Å²) in [7, 11) is 1.37. The molecule has 0 saturated carbocycles. The molecule has 4 nitrogen and oxygen atoms in total. The molecule has 0 spiro atoms. The van der Waals surface area contributed by atoms with Crippen LogP contribution in [0.4, 0.5) is 23.2 Å². The number of anilines is 1. The van der Waals surface area contributed by atoms with Gasteiger partial charge >= 0.3 is 6.18 Å². The molecule has 0 radical (unpaired) electrons. The fraction of sp³-hybridized carbons (Fsp3) is 0.417. The van der Waals surface area contributed by atoms with Gasteiger partial charge in [-0.25, -0.2) is 4.39 Å². The summed E-state index contributed by atoms with van der Waals surface area (Å²) in [6, 6.07) is 2.24. The van der Waals surface area contributed by atoms with Crippen LogP contribution in [0.5, 0.6) is 0 Å². The van der Waals surface area contributed by atoms with Crippen LogP contribution >= 0.6 is 0 Å². The Labute approximate surface area is 112 Å². The second-order valence-electron chi connectivity index (χ2n) is 4.04. The van der Waals surface area contributed by atoms with Gasteiger partial charge < -0.3 is 15.8 Å². The Morgan fingerprint density at radius 1 is 1.45 bits per heavy atom. The lowest BCUT2D eigenvalue weighted by atomic mass is 10.1. The number of rotatable bonds is 5. The van der Waals surface area contributed by atoms with Crippen molar-refractivity contribution in [3.8, 4) is 0 Å². The lowest BCUT2D eigenvalue weighted by molar-refractivity contribution is -0.140. The van der Waals surface area contributed by atoms with Crippen LogP contribution < -0.4 is 11.1 Å². The first-order valence-corrected chi connectivity index (χ1v) is 5.67. The van der Waals surface area contributed by atoms with Gasteiger partial charge in [-0.2, -0.15) is 13.2 Å². The van der Waals surface area contributed by atoms with E-state index in [0.29, 0.717) is 12.1 Å². The number of carbonyl (C=O) groups is 1. The van der Waals surface area contributed by atoms with E-state index in [0.717, 1.165) is 6.07 Å². The van der Waals surface area contributed by atoms with E-state index in [4.69, 9.17) is 10.5 Å². The maximum atomic E-state index is 13.1. The topological polar surface area (TPSA) is 64.3 Å². The quantitative estimate of drug-likeness (QED) is 0.818. The molecule has 1 atom stereocenters. The fourth-order valence-corrected chi connectivity index (χ4v) is 1.50. The highest BCUT2D eigenvalue weighted by Crippen LogP contribution is 2.32. The predicted molar refractivity (Wildman–Crippen MR) is 64.5 cm³/mol. The number of amides is 1. The zero-order valence-electron chi connectivity index (χ0n) is 10.6. The average Bonchev–Trinajstić information content (AvgIpc) is 2.37. The SMILES string of the molecule is COC(CN)CC(=O)Nc1ccc(F)c(C(F)(F)F)c1. The minimum absolute atomic E-state index is 0.0984. The number of carbonyl (C=O) groups excluding carboxylic acids is 1. The number of ether oxygens (including phenoxy) is 1. The van der Waals surface area contributed by atoms with Gasteiger partial charge in [0.1, 0.15) is 5.82 Å². The second-order valence-corrected chi connectivity index (χ2v) is 4.04. The van der Waals surface area contributed by atoms with E-state index in [-0.39, 0.29) is 18.7 Å². The maximum Gasteiger partial charge on any atom is 0.419 e. The van der Waals surface area contributed by atoms with Crippen molar-refractivity contribution in [1.29, 1.82) is 0 Å². The first-order valence-electron chi connectivity index (χ1n) is 5.67. The van der Waals surface area contributed by atoms with E-state index in [9.17, 15) is 22.4 Å². The molecular formula is C12H14F4N2O2. The summed E-state index contributed by atoms with van der Waals surface area (Å²) in [5.74, 6) is -1.96. The molecule has 0 saturated heterocycles. The number of alkyl halides is 3.